The van der Waals surface area contributed by atoms with E-state index in [2.05, 4.69) is 31.1 Å². The molecule has 2 N–H and O–H groups in total. The Morgan fingerprint density at radius 2 is 2.25 bits per heavy atom. The number of carbonyl (C=O) groups is 2. The van der Waals surface area contributed by atoms with Gasteiger partial charge in [0.15, 0.2) is 10.8 Å². The first-order valence-electron chi connectivity index (χ1n) is 11.5. The molecule has 2 aliphatic heterocycles. The van der Waals surface area contributed by atoms with Gasteiger partial charge in [0.05, 0.1) is 24.9 Å². The lowest BCUT2D eigenvalue weighted by Gasteiger charge is -2.35. The van der Waals surface area contributed by atoms with Crippen molar-refractivity contribution in [3.63, 3.8) is 0 Å². The summed E-state index contributed by atoms with van der Waals surface area (Å²) in [7, 11) is 0. The van der Waals surface area contributed by atoms with E-state index in [1.807, 2.05) is 5.38 Å². The second-order valence-corrected chi connectivity index (χ2v) is 10.0. The Bertz CT molecular complexity index is 1170. The van der Waals surface area contributed by atoms with Crippen LogP contribution < -0.4 is 5.32 Å². The first-order valence-corrected chi connectivity index (χ1v) is 13.2. The van der Waals surface area contributed by atoms with Crippen LogP contribution in [0, 0.1) is 5.82 Å². The van der Waals surface area contributed by atoms with Crippen LogP contribution in [-0.2, 0) is 19.1 Å². The monoisotopic (exact) mass is 580 g/mol. The Hall–Kier alpha value is -2.67. The molecule has 0 radical (unpaired) electrons. The lowest BCUT2D eigenvalue weighted by Crippen LogP contribution is -2.46. The summed E-state index contributed by atoms with van der Waals surface area (Å²) < 4.78 is 25.5. The van der Waals surface area contributed by atoms with E-state index < -0.39 is 23.8 Å². The summed E-state index contributed by atoms with van der Waals surface area (Å²) in [6, 6.07) is 3.52. The quantitative estimate of drug-likeness (QED) is 0.433. The number of hydrogen-bond acceptors (Lipinski definition) is 9. The highest BCUT2D eigenvalue weighted by Gasteiger charge is 2.35. The third-order valence-electron chi connectivity index (χ3n) is 5.80. The van der Waals surface area contributed by atoms with Crippen LogP contribution >= 0.6 is 27.3 Å². The summed E-state index contributed by atoms with van der Waals surface area (Å²) in [6.07, 6.45) is 1.88. The number of aliphatic imine (C=N–C) groups is 1. The van der Waals surface area contributed by atoms with Gasteiger partial charge >= 0.3 is 11.9 Å². The van der Waals surface area contributed by atoms with Crippen LogP contribution in [0.15, 0.2) is 50.5 Å². The number of carboxylic acid groups (broad SMARTS) is 1. The molecule has 1 aromatic heterocycles. The fourth-order valence-electron chi connectivity index (χ4n) is 4.17. The van der Waals surface area contributed by atoms with Crippen molar-refractivity contribution in [1.82, 2.24) is 15.2 Å². The summed E-state index contributed by atoms with van der Waals surface area (Å²) in [5.74, 6) is -1.29. The van der Waals surface area contributed by atoms with Crippen molar-refractivity contribution in [3.8, 4) is 0 Å². The second-order valence-electron chi connectivity index (χ2n) is 8.28. The number of carbonyl (C=O) groups excluding carboxylic acids is 1. The Morgan fingerprint density at radius 1 is 1.42 bits per heavy atom. The number of ether oxygens (including phenoxy) is 2. The SMILES string of the molecule is CCOC(=O)C1=C(CN2CCO[C@@H](CCC(=O)O)C2)NC(c2nccs2)=N[C@H]1c1ccc(F)cc1Br. The standard InChI is InChI=1S/C24H26BrFN4O5S/c1-2-34-24(33)20-18(13-30-8-9-35-15(12-30)4-6-19(31)32)28-22(23-27-7-10-36-23)29-21(20)16-5-3-14(26)11-17(16)25/h3,5,7,10-11,15,21H,2,4,6,8-9,12-13H2,1H3,(H,28,29)(H,31,32)/t15-,21-/m0/s1. The van der Waals surface area contributed by atoms with Gasteiger partial charge in [-0.1, -0.05) is 22.0 Å². The second kappa shape index (κ2) is 12.0. The van der Waals surface area contributed by atoms with Crippen molar-refractivity contribution in [2.45, 2.75) is 31.9 Å². The van der Waals surface area contributed by atoms with Crippen molar-refractivity contribution < 1.29 is 28.6 Å². The maximum Gasteiger partial charge on any atom is 0.338 e. The third-order valence-corrected chi connectivity index (χ3v) is 7.26. The smallest absolute Gasteiger partial charge is 0.338 e. The first kappa shape index (κ1) is 26.4. The number of hydrogen-bond donors (Lipinski definition) is 2. The molecule has 3 heterocycles. The van der Waals surface area contributed by atoms with Gasteiger partial charge in [0.1, 0.15) is 11.9 Å². The number of rotatable bonds is 9. The van der Waals surface area contributed by atoms with Crippen LogP contribution in [-0.4, -0.2) is 71.7 Å². The molecule has 2 aliphatic rings. The molecular weight excluding hydrogens is 555 g/mol. The van der Waals surface area contributed by atoms with Gasteiger partial charge in [-0.3, -0.25) is 14.7 Å². The van der Waals surface area contributed by atoms with Crippen molar-refractivity contribution in [1.29, 1.82) is 0 Å². The molecule has 0 spiro atoms. The van der Waals surface area contributed by atoms with Crippen molar-refractivity contribution in [3.05, 3.63) is 61.9 Å². The molecule has 36 heavy (non-hydrogen) atoms. The minimum Gasteiger partial charge on any atom is -0.481 e. The molecule has 192 valence electrons. The van der Waals surface area contributed by atoms with Gasteiger partial charge in [-0.2, -0.15) is 0 Å². The van der Waals surface area contributed by atoms with Crippen LogP contribution in [0.25, 0.3) is 0 Å². The molecule has 1 fully saturated rings. The summed E-state index contributed by atoms with van der Waals surface area (Å²) in [6.45, 7) is 3.86. The van der Waals surface area contributed by atoms with Crippen LogP contribution in [0.5, 0.6) is 0 Å². The van der Waals surface area contributed by atoms with Crippen LogP contribution in [0.4, 0.5) is 4.39 Å². The topological polar surface area (TPSA) is 113 Å². The van der Waals surface area contributed by atoms with Gasteiger partial charge in [0, 0.05) is 47.8 Å². The molecule has 1 aromatic carbocycles. The van der Waals surface area contributed by atoms with Crippen molar-refractivity contribution in [2.24, 2.45) is 4.99 Å². The largest absolute Gasteiger partial charge is 0.481 e. The number of nitrogens with zero attached hydrogens (tertiary/aromatic N) is 3. The highest BCUT2D eigenvalue weighted by Crippen LogP contribution is 2.37. The molecule has 0 saturated carbocycles. The number of nitrogens with one attached hydrogen (secondary N) is 1. The average Bonchev–Trinajstić information content (AvgIpc) is 3.38. The Labute approximate surface area is 220 Å². The van der Waals surface area contributed by atoms with E-state index in [-0.39, 0.29) is 19.1 Å². The van der Waals surface area contributed by atoms with Gasteiger partial charge in [-0.05, 0) is 31.0 Å². The van der Waals surface area contributed by atoms with E-state index in [1.165, 1.54) is 23.5 Å². The number of benzene rings is 1. The maximum absolute atomic E-state index is 13.9. The minimum atomic E-state index is -0.867. The van der Waals surface area contributed by atoms with Crippen molar-refractivity contribution >= 4 is 45.0 Å². The van der Waals surface area contributed by atoms with Crippen molar-refractivity contribution in [2.75, 3.05) is 32.8 Å². The summed E-state index contributed by atoms with van der Waals surface area (Å²) in [5, 5.41) is 14.8. The Kier molecular flexibility index (Phi) is 8.83. The summed E-state index contributed by atoms with van der Waals surface area (Å²) in [4.78, 5) is 35.5. The third kappa shape index (κ3) is 6.36. The average molecular weight is 581 g/mol. The molecule has 0 amide bonds. The van der Waals surface area contributed by atoms with Crippen LogP contribution in [0.1, 0.15) is 36.4 Å². The van der Waals surface area contributed by atoms with Crippen LogP contribution in [0.3, 0.4) is 0 Å². The van der Waals surface area contributed by atoms with Gasteiger partial charge in [0.2, 0.25) is 0 Å². The molecule has 1 saturated heterocycles. The molecule has 0 aliphatic carbocycles. The molecule has 0 bridgehead atoms. The molecule has 9 nitrogen and oxygen atoms in total. The fourth-order valence-corrected chi connectivity index (χ4v) is 5.33. The minimum absolute atomic E-state index is 0.0229. The predicted molar refractivity (Wildman–Crippen MR) is 135 cm³/mol. The molecule has 0 unspecified atom stereocenters. The summed E-state index contributed by atoms with van der Waals surface area (Å²) in [5.41, 5.74) is 1.56. The number of aromatic nitrogens is 1. The predicted octanol–water partition coefficient (Wildman–Crippen LogP) is 3.52. The van der Waals surface area contributed by atoms with Gasteiger partial charge in [0.25, 0.3) is 0 Å². The zero-order chi connectivity index (χ0) is 25.7. The highest BCUT2D eigenvalue weighted by atomic mass is 79.9. The zero-order valence-corrected chi connectivity index (χ0v) is 22.0. The number of esters is 1. The number of halogens is 2. The van der Waals surface area contributed by atoms with Gasteiger partial charge in [-0.25, -0.2) is 14.2 Å². The Morgan fingerprint density at radius 3 is 2.94 bits per heavy atom. The van der Waals surface area contributed by atoms with Gasteiger partial charge in [-0.15, -0.1) is 11.3 Å². The number of thiazole rings is 1. The molecule has 4 rings (SSSR count). The molecule has 2 atom stereocenters. The molecule has 2 aromatic rings. The van der Waals surface area contributed by atoms with Crippen LogP contribution in [0.2, 0.25) is 0 Å². The zero-order valence-electron chi connectivity index (χ0n) is 19.6. The maximum atomic E-state index is 13.9. The van der Waals surface area contributed by atoms with E-state index in [0.29, 0.717) is 64.8 Å². The normalized spacial score (nSPS) is 20.6. The lowest BCUT2D eigenvalue weighted by molar-refractivity contribution is -0.139. The van der Waals surface area contributed by atoms with Gasteiger partial charge < -0.3 is 19.9 Å². The molecular formula is C24H26BrFN4O5S. The number of morpholine rings is 1. The number of amidine groups is 1. The number of carboxylic acids is 1. The molecule has 12 heteroatoms. The van der Waals surface area contributed by atoms with E-state index in [1.54, 1.807) is 19.2 Å². The fraction of sp³-hybridized carbons (Fsp3) is 0.417. The lowest BCUT2D eigenvalue weighted by atomic mass is 9.95. The van der Waals surface area contributed by atoms with E-state index in [9.17, 15) is 14.0 Å². The first-order chi connectivity index (χ1) is 17.4. The van der Waals surface area contributed by atoms with E-state index in [0.717, 1.165) is 0 Å². The summed E-state index contributed by atoms with van der Waals surface area (Å²) >= 11 is 4.84. The number of aliphatic carboxylic acids is 1. The highest BCUT2D eigenvalue weighted by molar-refractivity contribution is 9.10. The Balaban J connectivity index is 1.71. The van der Waals surface area contributed by atoms with E-state index in [4.69, 9.17) is 19.6 Å². The van der Waals surface area contributed by atoms with E-state index >= 15 is 0 Å².